The highest BCUT2D eigenvalue weighted by Gasteiger charge is 2.31. The number of aromatic nitrogens is 2. The Morgan fingerprint density at radius 2 is 0.655 bits per heavy atom. The number of hydrogen-bond acceptors (Lipinski definition) is 28. The van der Waals surface area contributed by atoms with Gasteiger partial charge in [-0.25, -0.2) is 14.8 Å². The van der Waals surface area contributed by atoms with E-state index >= 15 is 0 Å². The molecule has 826 valence electrons. The summed E-state index contributed by atoms with van der Waals surface area (Å²) in [5, 5.41) is 26.1. The third kappa shape index (κ3) is 66.3. The van der Waals surface area contributed by atoms with Gasteiger partial charge in [-0.15, -0.1) is 0 Å². The molecule has 2 atom stereocenters. The number of carbonyl (C=O) groups is 14. The van der Waals surface area contributed by atoms with E-state index in [1.165, 1.54) is 12.3 Å². The van der Waals surface area contributed by atoms with Crippen molar-refractivity contribution in [2.24, 2.45) is 0 Å². The van der Waals surface area contributed by atoms with Gasteiger partial charge in [0.15, 0.2) is 11.6 Å². The number of nitrogens with zero attached hydrogens (tertiary/aromatic N) is 2. The van der Waals surface area contributed by atoms with Crippen LogP contribution in [0.5, 0.6) is 0 Å². The molecule has 2 aromatic heterocycles. The van der Waals surface area contributed by atoms with Crippen molar-refractivity contribution < 1.29 is 114 Å². The van der Waals surface area contributed by atoms with E-state index in [2.05, 4.69) is 95.2 Å². The third-order valence-corrected chi connectivity index (χ3v) is 24.2. The Labute approximate surface area is 878 Å². The van der Waals surface area contributed by atoms with Crippen LogP contribution in [0.25, 0.3) is 11.1 Å². The molecule has 7 amide bonds. The van der Waals surface area contributed by atoms with Crippen molar-refractivity contribution in [1.82, 2.24) is 47.2 Å². The van der Waals surface area contributed by atoms with Crippen LogP contribution in [0, 0.1) is 0 Å². The molecule has 0 unspecified atom stereocenters. The number of benzene rings is 2. The van der Waals surface area contributed by atoms with Crippen LogP contribution in [0.3, 0.4) is 0 Å². The predicted octanol–water partition coefficient (Wildman–Crippen LogP) is 16.8. The van der Waals surface area contributed by atoms with Gasteiger partial charge in [0.1, 0.15) is 48.6 Å². The van der Waals surface area contributed by atoms with Crippen LogP contribution < -0.4 is 47.9 Å². The Morgan fingerprint density at radius 1 is 0.331 bits per heavy atom. The summed E-state index contributed by atoms with van der Waals surface area (Å²) in [4.78, 5) is 183. The largest absolute Gasteiger partial charge is 0.461 e. The summed E-state index contributed by atoms with van der Waals surface area (Å²) in [6, 6.07) is 21.8. The zero-order chi connectivity index (χ0) is 107. The smallest absolute Gasteiger partial charge is 0.407 e. The Morgan fingerprint density at radius 3 is 1.03 bits per heavy atom. The van der Waals surface area contributed by atoms with Gasteiger partial charge >= 0.3 is 24.0 Å². The minimum atomic E-state index is -0.723. The first-order valence-corrected chi connectivity index (χ1v) is 54.2. The number of Topliss-reactive ketones (excluding diaryl/α,β-unsaturated/α-hetero) is 4. The first-order chi connectivity index (χ1) is 71.8. The lowest BCUT2D eigenvalue weighted by Crippen LogP contribution is -2.41. The lowest BCUT2D eigenvalue weighted by molar-refractivity contribution is -0.155. The number of ether oxygens (including phenoxy) is 10. The van der Waals surface area contributed by atoms with E-state index < -0.39 is 23.8 Å². The average molecular weight is 2070 g/mol. The van der Waals surface area contributed by atoms with Crippen molar-refractivity contribution in [2.75, 3.05) is 157 Å². The number of rotatable bonds is 91. The molecular formula is C113H175N11O24. The molecule has 0 spiro atoms. The number of amides is 7. The van der Waals surface area contributed by atoms with Gasteiger partial charge in [0.25, 0.3) is 11.8 Å². The number of unbranched alkanes of at least 4 members (excludes halogenated alkanes) is 18. The van der Waals surface area contributed by atoms with Gasteiger partial charge in [-0.2, -0.15) is 0 Å². The van der Waals surface area contributed by atoms with E-state index in [9.17, 15) is 67.1 Å². The number of esters is 3. The summed E-state index contributed by atoms with van der Waals surface area (Å²) < 4.78 is 54.6. The highest BCUT2D eigenvalue weighted by molar-refractivity contribution is 5.95. The first kappa shape index (κ1) is 129. The number of fused-ring (bicyclic) bond motifs is 3. The summed E-state index contributed by atoms with van der Waals surface area (Å²) in [5.41, 5.74) is 4.98. The van der Waals surface area contributed by atoms with Crippen molar-refractivity contribution in [3.05, 3.63) is 133 Å². The normalized spacial score (nSPS) is 11.8. The fourth-order valence-electron chi connectivity index (χ4n) is 16.0. The number of carbonyl (C=O) groups excluding carboxylic acids is 14. The van der Waals surface area contributed by atoms with E-state index in [0.717, 1.165) is 131 Å². The number of alkyl carbamates (subject to hydrolysis) is 1. The molecule has 4 aromatic rings. The van der Waals surface area contributed by atoms with Crippen LogP contribution in [0.4, 0.5) is 16.4 Å². The number of nitrogens with one attached hydrogen (secondary N) is 9. The molecule has 9 N–H and O–H groups in total. The zero-order valence-electron chi connectivity index (χ0n) is 89.3. The second kappa shape index (κ2) is 84.6. The molecule has 0 fully saturated rings. The minimum absolute atomic E-state index is 0.0169. The first-order valence-electron chi connectivity index (χ1n) is 54.2. The Bertz CT molecular complexity index is 4390. The van der Waals surface area contributed by atoms with Gasteiger partial charge in [-0.3, -0.25) is 62.3 Å². The minimum Gasteiger partial charge on any atom is -0.461 e. The molecule has 0 saturated heterocycles. The second-order valence-electron chi connectivity index (χ2n) is 37.9. The highest BCUT2D eigenvalue weighted by atomic mass is 16.6. The van der Waals surface area contributed by atoms with Crippen molar-refractivity contribution in [3.8, 4) is 11.1 Å². The van der Waals surface area contributed by atoms with Crippen molar-refractivity contribution in [3.63, 3.8) is 0 Å². The molecule has 2 aromatic carbocycles. The zero-order valence-corrected chi connectivity index (χ0v) is 89.3. The van der Waals surface area contributed by atoms with E-state index in [1.54, 1.807) is 50.6 Å². The molecule has 0 aliphatic heterocycles. The average Bonchev–Trinajstić information content (AvgIpc) is 1.61. The van der Waals surface area contributed by atoms with Crippen LogP contribution in [0.15, 0.2) is 111 Å². The fourth-order valence-corrected chi connectivity index (χ4v) is 16.0. The molecule has 1 aliphatic carbocycles. The molecule has 148 heavy (non-hydrogen) atoms. The lowest BCUT2D eigenvalue weighted by Gasteiger charge is -2.19. The molecule has 5 rings (SSSR count). The summed E-state index contributed by atoms with van der Waals surface area (Å²) in [6.07, 6.45) is 32.3. The molecule has 2 heterocycles. The van der Waals surface area contributed by atoms with Crippen LogP contribution in [-0.4, -0.2) is 256 Å². The molecule has 35 heteroatoms. The van der Waals surface area contributed by atoms with Gasteiger partial charge in [0.2, 0.25) is 23.6 Å². The predicted molar refractivity (Wildman–Crippen MR) is 571 cm³/mol. The maximum Gasteiger partial charge on any atom is 0.407 e. The highest BCUT2D eigenvalue weighted by Crippen LogP contribution is 2.44. The van der Waals surface area contributed by atoms with Crippen LogP contribution in [-0.2, 0) is 100 Å². The summed E-state index contributed by atoms with van der Waals surface area (Å²) in [7, 11) is 3.54. The maximum atomic E-state index is 13.5. The number of pyridine rings is 2. The molecular weight excluding hydrogens is 1900 g/mol. The SMILES string of the molecule is C=CCOC(=O)CCCCOCCOCCOCCCCC(=O)[C@H](CCCCNC(=O)CCCCCCC(=O)CCCCCNC(=O)c1ccc(NC)nc1)NC(=O)CCC(=O)NCCCCCC(=O)OC(C)(C)C.C=CCOC(=O)CCCCOCCOCCOCCCCC(=O)[C@H](CCCCNC(=O)CCCCCCC(=O)CCCCCNC(=O)c1ccc(NC)nc1)NC(=O)OCC1c2ccccc2-c2ccccc21. The quantitative estimate of drug-likeness (QED) is 0.00858. The molecule has 35 nitrogen and oxygen atoms in total. The van der Waals surface area contributed by atoms with Gasteiger partial charge < -0.3 is 95.2 Å². The Balaban J connectivity index is 0.000000616. The monoisotopic (exact) mass is 2070 g/mol. The molecule has 0 radical (unpaired) electrons. The van der Waals surface area contributed by atoms with Crippen molar-refractivity contribution >= 4 is 94.2 Å². The summed E-state index contributed by atoms with van der Waals surface area (Å²) >= 11 is 0. The van der Waals surface area contributed by atoms with Gasteiger partial charge in [0.05, 0.1) is 76.1 Å². The number of anilines is 2. The standard InChI is InChI=1S/C57H81N5O11.C56H94N6O13/c1-3-35-72-55(66)30-16-20-37-70-39-41-71-40-38-69-36-19-15-28-52(64)51(62-57(68)73-43-50-48-25-12-10-23-46(48)47-24-11-13-26-49(47)50)27-14-18-33-59-54(65)29-9-5-4-7-21-45(63)22-8-6-17-34-60-56(67)44-31-32-53(58-2)61-42-44;1-6-37-74-53(68)28-17-22-39-72-41-43-73-42-40-71-38-21-16-26-48(64)47(62-52(67)33-32-51(66)59-34-18-10-14-29-54(69)75-56(2,3)4)25-15-20-35-58-50(65)27-13-8-7-11-23-46(63)24-12-9-19-36-60-55(70)45-30-31-49(57-5)61-44-45/h3,10-13,23-26,31-32,42,50-51H,1,4-9,14-22,27-30,33-41,43H2,2H3,(H,58,61)(H,59,65)(H,60,67)(H,62,68);6,30-31,44,47H,1,7-29,32-43H2,2-5H3,(H,57,61)(H,58,65)(H,59,66)(H,60,70)(H,62,67)/t51-;47-/m00/s1. The van der Waals surface area contributed by atoms with E-state index in [-0.39, 0.29) is 128 Å². The Kier molecular flexibility index (Phi) is 73.7. The summed E-state index contributed by atoms with van der Waals surface area (Å²) in [6.45, 7) is 21.0. The van der Waals surface area contributed by atoms with Crippen LogP contribution >= 0.6 is 0 Å². The van der Waals surface area contributed by atoms with Gasteiger partial charge in [-0.05, 0) is 221 Å². The molecule has 0 bridgehead atoms. The van der Waals surface area contributed by atoms with E-state index in [1.807, 2.05) is 45.0 Å². The van der Waals surface area contributed by atoms with E-state index in [4.69, 9.17) is 47.4 Å². The van der Waals surface area contributed by atoms with Crippen molar-refractivity contribution in [2.45, 2.75) is 327 Å². The topological polar surface area (TPSA) is 465 Å². The van der Waals surface area contributed by atoms with Gasteiger partial charge in [0, 0.05) is 175 Å². The van der Waals surface area contributed by atoms with Crippen LogP contribution in [0.1, 0.15) is 341 Å². The fraction of sp³-hybridized carbons (Fsp3) is 0.646. The maximum absolute atomic E-state index is 13.5. The van der Waals surface area contributed by atoms with E-state index in [0.29, 0.717) is 282 Å². The molecule has 0 saturated carbocycles. The van der Waals surface area contributed by atoms with Crippen LogP contribution in [0.2, 0.25) is 0 Å². The lowest BCUT2D eigenvalue weighted by atomic mass is 9.98. The van der Waals surface area contributed by atoms with Crippen molar-refractivity contribution in [1.29, 1.82) is 0 Å². The van der Waals surface area contributed by atoms with Gasteiger partial charge in [-0.1, -0.05) is 119 Å². The Hall–Kier alpha value is -11.2. The number of ketones is 4. The summed E-state index contributed by atoms with van der Waals surface area (Å²) in [5.74, 6) is -0.118. The molecule has 1 aliphatic rings. The number of hydrogen-bond donors (Lipinski definition) is 9. The third-order valence-electron chi connectivity index (χ3n) is 24.2. The second-order valence-corrected chi connectivity index (χ2v) is 37.9.